The molecule has 0 saturated carbocycles. The van der Waals surface area contributed by atoms with Crippen molar-refractivity contribution in [3.63, 3.8) is 0 Å². The zero-order valence-corrected chi connectivity index (χ0v) is 11.3. The van der Waals surface area contributed by atoms with Crippen LogP contribution < -0.4 is 0 Å². The van der Waals surface area contributed by atoms with Gasteiger partial charge in [0.1, 0.15) is 0 Å². The molecule has 1 aliphatic rings. The summed E-state index contributed by atoms with van der Waals surface area (Å²) in [5.41, 5.74) is 0.745. The van der Waals surface area contributed by atoms with E-state index in [4.69, 9.17) is 10.2 Å². The lowest BCUT2D eigenvalue weighted by molar-refractivity contribution is -0.159. The smallest absolute Gasteiger partial charge is 0.309 e. The standard InChI is InChI=1S/C14H16N2O5/c17-12(6-9-2-1-4-15-7-9)16-5-3-10(13(18)19)11(8-16)14(20)21/h1-2,4,7,10-11H,3,5-6,8H2,(H,18,19)(H,20,21). The first-order valence-electron chi connectivity index (χ1n) is 6.61. The Kier molecular flexibility index (Phi) is 4.52. The minimum Gasteiger partial charge on any atom is -0.481 e. The Labute approximate surface area is 121 Å². The third kappa shape index (κ3) is 3.56. The summed E-state index contributed by atoms with van der Waals surface area (Å²) in [6.45, 7) is 0.200. The normalized spacial score (nSPS) is 21.8. The number of amides is 1. The van der Waals surface area contributed by atoms with Gasteiger partial charge in [0.05, 0.1) is 18.3 Å². The maximum atomic E-state index is 12.2. The van der Waals surface area contributed by atoms with Crippen molar-refractivity contribution < 1.29 is 24.6 Å². The van der Waals surface area contributed by atoms with E-state index < -0.39 is 23.8 Å². The van der Waals surface area contributed by atoms with Crippen molar-refractivity contribution in [2.24, 2.45) is 11.8 Å². The first-order valence-corrected chi connectivity index (χ1v) is 6.61. The number of carbonyl (C=O) groups excluding carboxylic acids is 1. The predicted octanol–water partition coefficient (Wildman–Crippen LogP) is 0.258. The molecule has 2 heterocycles. The fraction of sp³-hybridized carbons (Fsp3) is 0.429. The number of rotatable bonds is 4. The van der Waals surface area contributed by atoms with Gasteiger partial charge >= 0.3 is 11.9 Å². The van der Waals surface area contributed by atoms with Crippen molar-refractivity contribution in [2.45, 2.75) is 12.8 Å². The van der Waals surface area contributed by atoms with Crippen LogP contribution in [0, 0.1) is 11.8 Å². The molecule has 1 saturated heterocycles. The Morgan fingerprint density at radius 1 is 1.24 bits per heavy atom. The van der Waals surface area contributed by atoms with Crippen LogP contribution in [-0.4, -0.2) is 51.0 Å². The van der Waals surface area contributed by atoms with E-state index in [9.17, 15) is 14.4 Å². The molecule has 1 aliphatic heterocycles. The number of aliphatic carboxylic acids is 2. The van der Waals surface area contributed by atoms with Crippen LogP contribution in [0.3, 0.4) is 0 Å². The molecule has 2 unspecified atom stereocenters. The van der Waals surface area contributed by atoms with Crippen LogP contribution >= 0.6 is 0 Å². The maximum absolute atomic E-state index is 12.2. The van der Waals surface area contributed by atoms with Gasteiger partial charge in [-0.25, -0.2) is 0 Å². The number of nitrogens with zero attached hydrogens (tertiary/aromatic N) is 2. The van der Waals surface area contributed by atoms with Crippen LogP contribution in [0.2, 0.25) is 0 Å². The molecule has 2 N–H and O–H groups in total. The molecule has 0 bridgehead atoms. The molecule has 1 aromatic rings. The lowest BCUT2D eigenvalue weighted by Crippen LogP contribution is -2.49. The third-order valence-corrected chi connectivity index (χ3v) is 3.68. The van der Waals surface area contributed by atoms with Crippen molar-refractivity contribution in [2.75, 3.05) is 13.1 Å². The maximum Gasteiger partial charge on any atom is 0.309 e. The first-order chi connectivity index (χ1) is 9.99. The van der Waals surface area contributed by atoms with E-state index in [0.717, 1.165) is 5.56 Å². The highest BCUT2D eigenvalue weighted by Crippen LogP contribution is 2.24. The topological polar surface area (TPSA) is 108 Å². The number of likely N-dealkylation sites (tertiary alicyclic amines) is 1. The van der Waals surface area contributed by atoms with Gasteiger partial charge in [0.15, 0.2) is 0 Å². The molecular weight excluding hydrogens is 276 g/mol. The summed E-state index contributed by atoms with van der Waals surface area (Å²) in [5, 5.41) is 18.2. The molecule has 1 fully saturated rings. The number of piperidine rings is 1. The highest BCUT2D eigenvalue weighted by atomic mass is 16.4. The minimum atomic E-state index is -1.18. The van der Waals surface area contributed by atoms with Crippen LogP contribution in [0.5, 0.6) is 0 Å². The molecule has 1 aromatic heterocycles. The molecule has 0 aliphatic carbocycles. The SMILES string of the molecule is O=C(O)C1CCN(C(=O)Cc2cccnc2)CC1C(=O)O. The van der Waals surface area contributed by atoms with Gasteiger partial charge in [0, 0.05) is 25.5 Å². The number of carbonyl (C=O) groups is 3. The highest BCUT2D eigenvalue weighted by Gasteiger charge is 2.39. The van der Waals surface area contributed by atoms with Gasteiger partial charge in [0.2, 0.25) is 5.91 Å². The second-order valence-electron chi connectivity index (χ2n) is 5.06. The molecule has 21 heavy (non-hydrogen) atoms. The van der Waals surface area contributed by atoms with Gasteiger partial charge < -0.3 is 15.1 Å². The van der Waals surface area contributed by atoms with Crippen LogP contribution in [0.15, 0.2) is 24.5 Å². The van der Waals surface area contributed by atoms with E-state index in [-0.39, 0.29) is 31.8 Å². The van der Waals surface area contributed by atoms with Gasteiger partial charge in [-0.1, -0.05) is 6.07 Å². The zero-order valence-electron chi connectivity index (χ0n) is 11.3. The molecule has 0 aromatic carbocycles. The summed E-state index contributed by atoms with van der Waals surface area (Å²) in [5.74, 6) is -4.51. The van der Waals surface area contributed by atoms with Crippen molar-refractivity contribution in [1.82, 2.24) is 9.88 Å². The quantitative estimate of drug-likeness (QED) is 0.824. The Balaban J connectivity index is 2.03. The minimum absolute atomic E-state index is 0.0641. The lowest BCUT2D eigenvalue weighted by Gasteiger charge is -2.34. The number of pyridine rings is 1. The summed E-state index contributed by atoms with van der Waals surface area (Å²) in [4.78, 5) is 39.8. The monoisotopic (exact) mass is 292 g/mol. The molecule has 0 spiro atoms. The summed E-state index contributed by atoms with van der Waals surface area (Å²) in [6.07, 6.45) is 3.48. The fourth-order valence-corrected chi connectivity index (χ4v) is 2.51. The molecule has 2 atom stereocenters. The zero-order chi connectivity index (χ0) is 15.4. The summed E-state index contributed by atoms with van der Waals surface area (Å²) in [6, 6.07) is 3.49. The van der Waals surface area contributed by atoms with E-state index in [0.29, 0.717) is 0 Å². The third-order valence-electron chi connectivity index (χ3n) is 3.68. The second kappa shape index (κ2) is 6.34. The van der Waals surface area contributed by atoms with Crippen LogP contribution in [-0.2, 0) is 20.8 Å². The average Bonchev–Trinajstić information content (AvgIpc) is 2.47. The van der Waals surface area contributed by atoms with Gasteiger partial charge in [-0.05, 0) is 18.1 Å². The molecule has 2 rings (SSSR count). The largest absolute Gasteiger partial charge is 0.481 e. The number of carboxylic acids is 2. The Morgan fingerprint density at radius 3 is 2.52 bits per heavy atom. The average molecular weight is 292 g/mol. The Morgan fingerprint density at radius 2 is 1.95 bits per heavy atom. The highest BCUT2D eigenvalue weighted by molar-refractivity contribution is 5.83. The first kappa shape index (κ1) is 15.0. The molecule has 7 heteroatoms. The predicted molar refractivity (Wildman–Crippen MR) is 71.4 cm³/mol. The molecule has 0 radical (unpaired) electrons. The van der Waals surface area contributed by atoms with Crippen molar-refractivity contribution >= 4 is 17.8 Å². The number of aromatic nitrogens is 1. The van der Waals surface area contributed by atoms with Gasteiger partial charge in [-0.15, -0.1) is 0 Å². The van der Waals surface area contributed by atoms with E-state index in [2.05, 4.69) is 4.98 Å². The van der Waals surface area contributed by atoms with E-state index in [1.54, 1.807) is 24.5 Å². The lowest BCUT2D eigenvalue weighted by atomic mass is 9.85. The second-order valence-corrected chi connectivity index (χ2v) is 5.06. The molecular formula is C14H16N2O5. The van der Waals surface area contributed by atoms with Crippen LogP contribution in [0.4, 0.5) is 0 Å². The van der Waals surface area contributed by atoms with Gasteiger partial charge in [-0.3, -0.25) is 19.4 Å². The van der Waals surface area contributed by atoms with Gasteiger partial charge in [-0.2, -0.15) is 0 Å². The Bertz CT molecular complexity index is 546. The van der Waals surface area contributed by atoms with E-state index >= 15 is 0 Å². The van der Waals surface area contributed by atoms with Crippen LogP contribution in [0.25, 0.3) is 0 Å². The van der Waals surface area contributed by atoms with Crippen LogP contribution in [0.1, 0.15) is 12.0 Å². The van der Waals surface area contributed by atoms with Crippen molar-refractivity contribution in [3.05, 3.63) is 30.1 Å². The molecule has 7 nitrogen and oxygen atoms in total. The summed E-state index contributed by atoms with van der Waals surface area (Å²) < 4.78 is 0. The number of hydrogen-bond acceptors (Lipinski definition) is 4. The van der Waals surface area contributed by atoms with Crippen molar-refractivity contribution in [1.29, 1.82) is 0 Å². The molecule has 1 amide bonds. The van der Waals surface area contributed by atoms with E-state index in [1.165, 1.54) is 4.90 Å². The number of carboxylic acid groups (broad SMARTS) is 2. The van der Waals surface area contributed by atoms with Crippen molar-refractivity contribution in [3.8, 4) is 0 Å². The number of hydrogen-bond donors (Lipinski definition) is 2. The van der Waals surface area contributed by atoms with Gasteiger partial charge in [0.25, 0.3) is 0 Å². The van der Waals surface area contributed by atoms with E-state index in [1.807, 2.05) is 0 Å². The molecule has 112 valence electrons. The summed E-state index contributed by atoms with van der Waals surface area (Å²) in [7, 11) is 0. The fourth-order valence-electron chi connectivity index (χ4n) is 2.51. The summed E-state index contributed by atoms with van der Waals surface area (Å²) >= 11 is 0. The Hall–Kier alpha value is -2.44.